The molecule has 1 aromatic carbocycles. The van der Waals surface area contributed by atoms with Crippen LogP contribution < -0.4 is 4.90 Å². The fourth-order valence-electron chi connectivity index (χ4n) is 4.02. The lowest BCUT2D eigenvalue weighted by atomic mass is 10.0. The molecule has 1 aromatic heterocycles. The molecule has 0 saturated heterocycles. The topological polar surface area (TPSA) is 97.2 Å². The molecule has 0 fully saturated rings. The summed E-state index contributed by atoms with van der Waals surface area (Å²) in [6.45, 7) is 21.2. The minimum Gasteiger partial charge on any atom is -0.377 e. The Labute approximate surface area is 232 Å². The van der Waals surface area contributed by atoms with E-state index in [0.717, 1.165) is 56.1 Å². The van der Waals surface area contributed by atoms with Crippen molar-refractivity contribution in [1.82, 2.24) is 4.90 Å². The van der Waals surface area contributed by atoms with E-state index in [1.54, 1.807) is 6.92 Å². The zero-order chi connectivity index (χ0) is 28.1. The van der Waals surface area contributed by atoms with Crippen LogP contribution in [0, 0.1) is 36.5 Å². The van der Waals surface area contributed by atoms with E-state index in [1.807, 2.05) is 19.1 Å². The molecule has 0 atom stereocenters. The van der Waals surface area contributed by atoms with Crippen LogP contribution in [0.5, 0.6) is 0 Å². The molecule has 0 aliphatic heterocycles. The summed E-state index contributed by atoms with van der Waals surface area (Å²) in [4.78, 5) is 5.17. The van der Waals surface area contributed by atoms with Gasteiger partial charge in [-0.05, 0) is 83.5 Å². The van der Waals surface area contributed by atoms with Crippen LogP contribution in [0.4, 0.5) is 16.4 Å². The van der Waals surface area contributed by atoms with Gasteiger partial charge in [-0.3, -0.25) is 0 Å². The molecule has 0 aliphatic carbocycles. The normalized spacial score (nSPS) is 11.7. The molecule has 0 unspecified atom stereocenters. The summed E-state index contributed by atoms with van der Waals surface area (Å²) in [5.74, 6) is 0. The van der Waals surface area contributed by atoms with Gasteiger partial charge >= 0.3 is 0 Å². The van der Waals surface area contributed by atoms with E-state index >= 15 is 0 Å². The Morgan fingerprint density at radius 3 is 2.29 bits per heavy atom. The van der Waals surface area contributed by atoms with Crippen LogP contribution in [0.1, 0.15) is 62.6 Å². The van der Waals surface area contributed by atoms with Crippen molar-refractivity contribution in [3.63, 3.8) is 0 Å². The number of rotatable bonds is 16. The van der Waals surface area contributed by atoms with Crippen LogP contribution in [0.3, 0.4) is 0 Å². The number of ether oxygens (including phenoxy) is 2. The highest BCUT2D eigenvalue weighted by Crippen LogP contribution is 2.36. The third-order valence-corrected chi connectivity index (χ3v) is 7.75. The second-order valence-electron chi connectivity index (χ2n) is 9.71. The SMILES string of the molecule is CCN(CC)CCC(C)(C)OCCOCCN(CC)c1ccc(N=Nc2sc(C#N)c(C)c2C#N)c(C)c1. The van der Waals surface area contributed by atoms with E-state index in [-0.39, 0.29) is 5.60 Å². The fraction of sp³-hybridized carbons (Fsp3) is 0.586. The summed E-state index contributed by atoms with van der Waals surface area (Å²) in [7, 11) is 0. The molecule has 0 N–H and O–H groups in total. The van der Waals surface area contributed by atoms with Crippen LogP contribution in [0.2, 0.25) is 0 Å². The minimum atomic E-state index is -0.158. The first-order valence-corrected chi connectivity index (χ1v) is 14.2. The van der Waals surface area contributed by atoms with Crippen molar-refractivity contribution in [2.45, 2.75) is 60.5 Å². The third-order valence-electron chi connectivity index (χ3n) is 6.67. The molecule has 38 heavy (non-hydrogen) atoms. The Morgan fingerprint density at radius 1 is 0.947 bits per heavy atom. The zero-order valence-corrected chi connectivity index (χ0v) is 24.8. The number of azo groups is 1. The highest BCUT2D eigenvalue weighted by Gasteiger charge is 2.19. The van der Waals surface area contributed by atoms with Gasteiger partial charge in [-0.1, -0.05) is 13.8 Å². The van der Waals surface area contributed by atoms with Crippen molar-refractivity contribution in [3.05, 3.63) is 39.8 Å². The van der Waals surface area contributed by atoms with Gasteiger partial charge in [0.1, 0.15) is 17.0 Å². The molecule has 0 radical (unpaired) electrons. The standard InChI is InChI=1S/C29H42N6O2S/c1-8-34(9-2)14-13-29(6,7)37-18-17-36-16-15-35(10-3)24-11-12-26(22(4)19-24)32-33-28-25(20-30)23(5)27(21-31)38-28/h11-12,19H,8-10,13-18H2,1-7H3. The summed E-state index contributed by atoms with van der Waals surface area (Å²) in [5.41, 5.74) is 3.73. The number of nitrogens with zero attached hydrogens (tertiary/aromatic N) is 6. The molecule has 0 amide bonds. The quantitative estimate of drug-likeness (QED) is 0.170. The predicted octanol–water partition coefficient (Wildman–Crippen LogP) is 6.89. The highest BCUT2D eigenvalue weighted by atomic mass is 32.1. The zero-order valence-electron chi connectivity index (χ0n) is 24.0. The van der Waals surface area contributed by atoms with E-state index in [9.17, 15) is 10.5 Å². The van der Waals surface area contributed by atoms with E-state index in [2.05, 4.69) is 72.9 Å². The molecule has 1 heterocycles. The first-order chi connectivity index (χ1) is 18.2. The van der Waals surface area contributed by atoms with Gasteiger partial charge in [-0.15, -0.1) is 21.6 Å². The maximum Gasteiger partial charge on any atom is 0.158 e. The van der Waals surface area contributed by atoms with E-state index < -0.39 is 0 Å². The average Bonchev–Trinajstić information content (AvgIpc) is 3.22. The number of benzene rings is 1. The first-order valence-electron chi connectivity index (χ1n) is 13.3. The van der Waals surface area contributed by atoms with Crippen molar-refractivity contribution in [3.8, 4) is 12.1 Å². The number of hydrogen-bond acceptors (Lipinski definition) is 9. The van der Waals surface area contributed by atoms with Gasteiger partial charge < -0.3 is 19.3 Å². The number of likely N-dealkylation sites (N-methyl/N-ethyl adjacent to an activating group) is 1. The predicted molar refractivity (Wildman–Crippen MR) is 155 cm³/mol. The van der Waals surface area contributed by atoms with Crippen LogP contribution in [-0.2, 0) is 9.47 Å². The third kappa shape index (κ3) is 9.18. The van der Waals surface area contributed by atoms with Gasteiger partial charge in [0.05, 0.1) is 36.7 Å². The summed E-state index contributed by atoms with van der Waals surface area (Å²) >= 11 is 1.19. The summed E-state index contributed by atoms with van der Waals surface area (Å²) in [5, 5.41) is 27.8. The average molecular weight is 539 g/mol. The molecule has 9 heteroatoms. The number of hydrogen-bond donors (Lipinski definition) is 0. The molecule has 8 nitrogen and oxygen atoms in total. The Morgan fingerprint density at radius 2 is 1.68 bits per heavy atom. The van der Waals surface area contributed by atoms with Crippen molar-refractivity contribution in [2.75, 3.05) is 57.4 Å². The Hall–Kier alpha value is -2.82. The monoisotopic (exact) mass is 538 g/mol. The molecule has 206 valence electrons. The minimum absolute atomic E-state index is 0.158. The van der Waals surface area contributed by atoms with Crippen LogP contribution in [0.15, 0.2) is 28.4 Å². The second-order valence-corrected chi connectivity index (χ2v) is 10.7. The number of anilines is 1. The fourth-order valence-corrected chi connectivity index (χ4v) is 4.89. The van der Waals surface area contributed by atoms with Crippen molar-refractivity contribution < 1.29 is 9.47 Å². The lowest BCUT2D eigenvalue weighted by Crippen LogP contribution is -2.34. The molecular weight excluding hydrogens is 496 g/mol. The van der Waals surface area contributed by atoms with Crippen molar-refractivity contribution in [1.29, 1.82) is 10.5 Å². The van der Waals surface area contributed by atoms with Gasteiger partial charge in [-0.2, -0.15) is 10.5 Å². The summed E-state index contributed by atoms with van der Waals surface area (Å²) < 4.78 is 12.0. The maximum absolute atomic E-state index is 9.42. The number of thiophene rings is 1. The number of nitriles is 2. The number of aryl methyl sites for hydroxylation is 1. The van der Waals surface area contributed by atoms with Crippen LogP contribution in [-0.4, -0.2) is 63.0 Å². The first kappa shape index (κ1) is 31.4. The highest BCUT2D eigenvalue weighted by molar-refractivity contribution is 7.16. The van der Waals surface area contributed by atoms with E-state index in [4.69, 9.17) is 9.47 Å². The van der Waals surface area contributed by atoms with E-state index in [1.165, 1.54) is 11.3 Å². The largest absolute Gasteiger partial charge is 0.377 e. The van der Waals surface area contributed by atoms with Gasteiger partial charge in [0.15, 0.2) is 5.00 Å². The van der Waals surface area contributed by atoms with Crippen molar-refractivity contribution in [2.24, 2.45) is 10.2 Å². The van der Waals surface area contributed by atoms with Gasteiger partial charge in [0.25, 0.3) is 0 Å². The van der Waals surface area contributed by atoms with E-state index in [0.29, 0.717) is 40.8 Å². The van der Waals surface area contributed by atoms with Crippen molar-refractivity contribution >= 4 is 27.7 Å². The Kier molecular flexibility index (Phi) is 12.9. The Bertz CT molecular complexity index is 1140. The summed E-state index contributed by atoms with van der Waals surface area (Å²) in [6, 6.07) is 10.3. The lowest BCUT2D eigenvalue weighted by Gasteiger charge is -2.29. The molecule has 2 rings (SSSR count). The molecule has 0 spiro atoms. The smallest absolute Gasteiger partial charge is 0.158 e. The summed E-state index contributed by atoms with van der Waals surface area (Å²) in [6.07, 6.45) is 1.00. The lowest BCUT2D eigenvalue weighted by molar-refractivity contribution is -0.0529. The molecular formula is C29H42N6O2S. The molecule has 0 saturated carbocycles. The molecule has 0 aliphatic rings. The maximum atomic E-state index is 9.42. The van der Waals surface area contributed by atoms with Gasteiger partial charge in [0, 0.05) is 25.3 Å². The van der Waals surface area contributed by atoms with Crippen LogP contribution >= 0.6 is 11.3 Å². The molecule has 0 bridgehead atoms. The Balaban J connectivity index is 1.86. The van der Waals surface area contributed by atoms with Crippen LogP contribution in [0.25, 0.3) is 0 Å². The second kappa shape index (κ2) is 15.6. The molecule has 2 aromatic rings. The van der Waals surface area contributed by atoms with Gasteiger partial charge in [0.2, 0.25) is 0 Å². The van der Waals surface area contributed by atoms with Gasteiger partial charge in [-0.25, -0.2) is 0 Å².